The van der Waals surface area contributed by atoms with Crippen LogP contribution in [0.4, 0.5) is 0 Å². The summed E-state index contributed by atoms with van der Waals surface area (Å²) < 4.78 is 29.4. The minimum absolute atomic E-state index is 0.161. The van der Waals surface area contributed by atoms with Crippen molar-refractivity contribution in [3.63, 3.8) is 0 Å². The molecule has 0 aliphatic rings. The number of carbonyl (C=O) groups excluding carboxylic acids is 1. The molecule has 0 aliphatic carbocycles. The molecule has 1 heterocycles. The van der Waals surface area contributed by atoms with E-state index in [2.05, 4.69) is 28.6 Å². The maximum Gasteiger partial charge on any atom is 0.243 e. The third-order valence-corrected chi connectivity index (χ3v) is 8.11. The molecule has 0 N–H and O–H groups in total. The van der Waals surface area contributed by atoms with Crippen LogP contribution in [0.15, 0.2) is 34.3 Å². The molecule has 30 heavy (non-hydrogen) atoms. The number of rotatable bonds is 12. The number of carbonyl (C=O) groups is 1. The molecule has 0 radical (unpaired) electrons. The van der Waals surface area contributed by atoms with Gasteiger partial charge in [0, 0.05) is 36.9 Å². The molecule has 0 fully saturated rings. The number of sulfonamides is 1. The maximum atomic E-state index is 12.9. The van der Waals surface area contributed by atoms with E-state index in [1.807, 2.05) is 19.9 Å². The molecule has 1 unspecified atom stereocenters. The largest absolute Gasteiger partial charge is 0.300 e. The van der Waals surface area contributed by atoms with E-state index in [4.69, 9.17) is 0 Å². The molecule has 166 valence electrons. The van der Waals surface area contributed by atoms with Crippen LogP contribution >= 0.6 is 11.8 Å². The van der Waals surface area contributed by atoms with Crippen molar-refractivity contribution in [2.24, 2.45) is 0 Å². The van der Waals surface area contributed by atoms with E-state index in [1.54, 1.807) is 36.9 Å². The summed E-state index contributed by atoms with van der Waals surface area (Å²) in [5.74, 6) is 1.63. The number of hydrogen-bond acceptors (Lipinski definition) is 6. The number of Topliss-reactive ketones (excluding diaryl/α,β-unsaturated/α-hetero) is 1. The molecule has 2 aromatic rings. The number of ketones is 1. The Kier molecular flexibility index (Phi) is 9.06. The van der Waals surface area contributed by atoms with Gasteiger partial charge in [-0.3, -0.25) is 4.57 Å². The SMILES string of the molecule is CCC(C)n1c(SCCCC(C)=O)nnc1-c1cccc(S(=O)(=O)N(CC)CC)c1. The van der Waals surface area contributed by atoms with E-state index < -0.39 is 10.0 Å². The summed E-state index contributed by atoms with van der Waals surface area (Å²) in [4.78, 5) is 11.4. The molecule has 7 nitrogen and oxygen atoms in total. The van der Waals surface area contributed by atoms with Crippen LogP contribution in [0.25, 0.3) is 11.4 Å². The van der Waals surface area contributed by atoms with Crippen LogP contribution in [0.1, 0.15) is 59.9 Å². The first-order valence-electron chi connectivity index (χ1n) is 10.4. The standard InChI is InChI=1S/C21H32N4O3S2/c1-6-16(4)25-20(22-23-21(25)29-14-10-11-17(5)26)18-12-9-13-19(15-18)30(27,28)24(7-2)8-3/h9,12-13,15-16H,6-8,10-11,14H2,1-5H3. The smallest absolute Gasteiger partial charge is 0.243 e. The number of aromatic nitrogens is 3. The van der Waals surface area contributed by atoms with Crippen molar-refractivity contribution in [1.82, 2.24) is 19.1 Å². The summed E-state index contributed by atoms with van der Waals surface area (Å²) in [5, 5.41) is 9.55. The molecule has 1 atom stereocenters. The Morgan fingerprint density at radius 1 is 1.20 bits per heavy atom. The average molecular weight is 453 g/mol. The Balaban J connectivity index is 2.40. The molecule has 0 saturated heterocycles. The van der Waals surface area contributed by atoms with Gasteiger partial charge in [0.2, 0.25) is 10.0 Å². The lowest BCUT2D eigenvalue weighted by Gasteiger charge is -2.19. The quantitative estimate of drug-likeness (QED) is 0.350. The monoisotopic (exact) mass is 452 g/mol. The zero-order chi connectivity index (χ0) is 22.3. The average Bonchev–Trinajstić information content (AvgIpc) is 3.15. The first kappa shape index (κ1) is 24.6. The molecule has 0 aliphatic heterocycles. The lowest BCUT2D eigenvalue weighted by atomic mass is 10.2. The van der Waals surface area contributed by atoms with Gasteiger partial charge in [-0.15, -0.1) is 10.2 Å². The zero-order valence-corrected chi connectivity index (χ0v) is 20.1. The second kappa shape index (κ2) is 11.1. The fourth-order valence-electron chi connectivity index (χ4n) is 3.14. The fourth-order valence-corrected chi connectivity index (χ4v) is 5.62. The normalized spacial score (nSPS) is 13.0. The Labute approximate surface area is 184 Å². The van der Waals surface area contributed by atoms with Crippen molar-refractivity contribution in [2.45, 2.75) is 70.0 Å². The minimum Gasteiger partial charge on any atom is -0.300 e. The lowest BCUT2D eigenvalue weighted by Crippen LogP contribution is -2.30. The van der Waals surface area contributed by atoms with Crippen LogP contribution in [0, 0.1) is 0 Å². The van der Waals surface area contributed by atoms with E-state index in [-0.39, 0.29) is 16.7 Å². The van der Waals surface area contributed by atoms with Crippen LogP contribution in [0.2, 0.25) is 0 Å². The lowest BCUT2D eigenvalue weighted by molar-refractivity contribution is -0.117. The molecule has 9 heteroatoms. The Hall–Kier alpha value is -1.71. The molecule has 1 aromatic carbocycles. The second-order valence-corrected chi connectivity index (χ2v) is 10.2. The summed E-state index contributed by atoms with van der Waals surface area (Å²) in [6.07, 6.45) is 2.24. The summed E-state index contributed by atoms with van der Waals surface area (Å²) in [6, 6.07) is 7.09. The third kappa shape index (κ3) is 5.70. The Morgan fingerprint density at radius 3 is 2.50 bits per heavy atom. The van der Waals surface area contributed by atoms with Crippen molar-refractivity contribution in [3.05, 3.63) is 24.3 Å². The van der Waals surface area contributed by atoms with Crippen LogP contribution in [-0.2, 0) is 14.8 Å². The van der Waals surface area contributed by atoms with Crippen LogP contribution in [0.3, 0.4) is 0 Å². The highest BCUT2D eigenvalue weighted by Crippen LogP contribution is 2.31. The van der Waals surface area contributed by atoms with Crippen molar-refractivity contribution in [1.29, 1.82) is 0 Å². The minimum atomic E-state index is -3.55. The van der Waals surface area contributed by atoms with Gasteiger partial charge in [-0.05, 0) is 38.8 Å². The van der Waals surface area contributed by atoms with Gasteiger partial charge in [0.05, 0.1) is 4.90 Å². The molecular weight excluding hydrogens is 420 g/mol. The van der Waals surface area contributed by atoms with Gasteiger partial charge in [-0.25, -0.2) is 8.42 Å². The van der Waals surface area contributed by atoms with Gasteiger partial charge in [0.15, 0.2) is 11.0 Å². The predicted molar refractivity (Wildman–Crippen MR) is 121 cm³/mol. The predicted octanol–water partition coefficient (Wildman–Crippen LogP) is 4.41. The second-order valence-electron chi connectivity index (χ2n) is 7.20. The number of nitrogens with zero attached hydrogens (tertiary/aromatic N) is 4. The van der Waals surface area contributed by atoms with Crippen LogP contribution in [0.5, 0.6) is 0 Å². The highest BCUT2D eigenvalue weighted by atomic mass is 32.2. The van der Waals surface area contributed by atoms with Gasteiger partial charge in [0.1, 0.15) is 5.78 Å². The number of benzene rings is 1. The summed E-state index contributed by atoms with van der Waals surface area (Å²) >= 11 is 1.58. The maximum absolute atomic E-state index is 12.9. The summed E-state index contributed by atoms with van der Waals surface area (Å²) in [5.41, 5.74) is 0.728. The van der Waals surface area contributed by atoms with E-state index in [1.165, 1.54) is 4.31 Å². The fraction of sp³-hybridized carbons (Fsp3) is 0.571. The van der Waals surface area contributed by atoms with Gasteiger partial charge in [0.25, 0.3) is 0 Å². The number of hydrogen-bond donors (Lipinski definition) is 0. The summed E-state index contributed by atoms with van der Waals surface area (Å²) in [7, 11) is -3.55. The first-order valence-corrected chi connectivity index (χ1v) is 12.9. The molecule has 0 saturated carbocycles. The van der Waals surface area contributed by atoms with E-state index in [0.717, 1.165) is 29.3 Å². The topological polar surface area (TPSA) is 85.2 Å². The Bertz CT molecular complexity index is 953. The highest BCUT2D eigenvalue weighted by molar-refractivity contribution is 7.99. The van der Waals surface area contributed by atoms with Gasteiger partial charge in [-0.1, -0.05) is 44.7 Å². The molecule has 0 spiro atoms. The van der Waals surface area contributed by atoms with E-state index in [9.17, 15) is 13.2 Å². The van der Waals surface area contributed by atoms with Crippen molar-refractivity contribution in [3.8, 4) is 11.4 Å². The summed E-state index contributed by atoms with van der Waals surface area (Å²) in [6.45, 7) is 10.3. The van der Waals surface area contributed by atoms with E-state index in [0.29, 0.717) is 25.3 Å². The molecule has 0 bridgehead atoms. The van der Waals surface area contributed by atoms with Gasteiger partial charge >= 0.3 is 0 Å². The van der Waals surface area contributed by atoms with Crippen LogP contribution in [-0.4, -0.2) is 52.1 Å². The molecule has 1 aromatic heterocycles. The van der Waals surface area contributed by atoms with Crippen LogP contribution < -0.4 is 0 Å². The number of thioether (sulfide) groups is 1. The molecule has 0 amide bonds. The van der Waals surface area contributed by atoms with Crippen molar-refractivity contribution < 1.29 is 13.2 Å². The highest BCUT2D eigenvalue weighted by Gasteiger charge is 2.24. The molecule has 2 rings (SSSR count). The van der Waals surface area contributed by atoms with Gasteiger partial charge in [-0.2, -0.15) is 4.31 Å². The van der Waals surface area contributed by atoms with Crippen molar-refractivity contribution in [2.75, 3.05) is 18.8 Å². The molecular formula is C21H32N4O3S2. The van der Waals surface area contributed by atoms with E-state index >= 15 is 0 Å². The van der Waals surface area contributed by atoms with Crippen molar-refractivity contribution >= 4 is 27.6 Å². The Morgan fingerprint density at radius 2 is 1.90 bits per heavy atom. The van der Waals surface area contributed by atoms with Gasteiger partial charge < -0.3 is 4.79 Å². The zero-order valence-electron chi connectivity index (χ0n) is 18.5. The third-order valence-electron chi connectivity index (χ3n) is 5.04. The first-order chi connectivity index (χ1) is 14.3.